The minimum Gasteiger partial charge on any atom is -0.485 e. The first-order valence-electron chi connectivity index (χ1n) is 6.45. The zero-order chi connectivity index (χ0) is 13.8. The van der Waals surface area contributed by atoms with Crippen LogP contribution in [-0.2, 0) is 20.2 Å². The third kappa shape index (κ3) is 3.15. The van der Waals surface area contributed by atoms with Crippen LogP contribution in [0.1, 0.15) is 22.5 Å². The van der Waals surface area contributed by atoms with Gasteiger partial charge in [-0.3, -0.25) is 0 Å². The molecule has 0 aliphatic heterocycles. The van der Waals surface area contributed by atoms with E-state index in [-0.39, 0.29) is 0 Å². The van der Waals surface area contributed by atoms with E-state index in [1.54, 1.807) is 6.20 Å². The maximum atomic E-state index is 5.92. The molecular formula is C15H21N3O. The summed E-state index contributed by atoms with van der Waals surface area (Å²) in [7, 11) is 3.93. The molecule has 19 heavy (non-hydrogen) atoms. The van der Waals surface area contributed by atoms with Crippen molar-refractivity contribution in [2.24, 2.45) is 7.05 Å². The van der Waals surface area contributed by atoms with Crippen LogP contribution in [-0.4, -0.2) is 16.6 Å². The van der Waals surface area contributed by atoms with Crippen molar-refractivity contribution in [2.75, 3.05) is 7.05 Å². The monoisotopic (exact) mass is 259 g/mol. The highest BCUT2D eigenvalue weighted by molar-refractivity contribution is 5.43. The number of aryl methyl sites for hydroxylation is 3. The molecule has 1 heterocycles. The lowest BCUT2D eigenvalue weighted by atomic mass is 10.1. The number of imidazole rings is 1. The van der Waals surface area contributed by atoms with Crippen LogP contribution in [0, 0.1) is 13.8 Å². The van der Waals surface area contributed by atoms with Crippen molar-refractivity contribution in [3.8, 4) is 5.75 Å². The van der Waals surface area contributed by atoms with Gasteiger partial charge in [-0.1, -0.05) is 12.1 Å². The van der Waals surface area contributed by atoms with E-state index in [2.05, 4.69) is 36.3 Å². The molecule has 0 atom stereocenters. The van der Waals surface area contributed by atoms with E-state index in [9.17, 15) is 0 Å². The van der Waals surface area contributed by atoms with Crippen molar-refractivity contribution in [2.45, 2.75) is 27.0 Å². The van der Waals surface area contributed by atoms with Crippen molar-refractivity contribution >= 4 is 0 Å². The van der Waals surface area contributed by atoms with Crippen LogP contribution in [0.25, 0.3) is 0 Å². The molecule has 4 heteroatoms. The first kappa shape index (κ1) is 13.6. The van der Waals surface area contributed by atoms with E-state index >= 15 is 0 Å². The molecular weight excluding hydrogens is 238 g/mol. The van der Waals surface area contributed by atoms with Crippen LogP contribution in [0.3, 0.4) is 0 Å². The van der Waals surface area contributed by atoms with Gasteiger partial charge in [0.15, 0.2) is 0 Å². The van der Waals surface area contributed by atoms with Gasteiger partial charge in [0.25, 0.3) is 0 Å². The van der Waals surface area contributed by atoms with Crippen LogP contribution in [0.5, 0.6) is 5.75 Å². The average Bonchev–Trinajstić information content (AvgIpc) is 2.74. The van der Waals surface area contributed by atoms with Gasteiger partial charge in [-0.15, -0.1) is 0 Å². The van der Waals surface area contributed by atoms with Gasteiger partial charge in [0, 0.05) is 26.0 Å². The fourth-order valence-corrected chi connectivity index (χ4v) is 2.25. The Labute approximate surface area is 114 Å². The Kier molecular flexibility index (Phi) is 4.22. The molecule has 0 bridgehead atoms. The van der Waals surface area contributed by atoms with Crippen LogP contribution in [0.15, 0.2) is 24.5 Å². The standard InChI is InChI=1S/C15H21N3O/c1-11-7-13(9-16-3)8-12(2)15(11)19-10-14-17-5-6-18(14)4/h5-8,16H,9-10H2,1-4H3. The topological polar surface area (TPSA) is 39.1 Å². The van der Waals surface area contributed by atoms with E-state index in [4.69, 9.17) is 4.74 Å². The van der Waals surface area contributed by atoms with Gasteiger partial charge in [-0.25, -0.2) is 4.98 Å². The summed E-state index contributed by atoms with van der Waals surface area (Å²) in [5.41, 5.74) is 3.61. The van der Waals surface area contributed by atoms with Gasteiger partial charge in [0.2, 0.25) is 0 Å². The van der Waals surface area contributed by atoms with Crippen LogP contribution in [0.4, 0.5) is 0 Å². The Morgan fingerprint density at radius 2 is 1.95 bits per heavy atom. The normalized spacial score (nSPS) is 10.7. The average molecular weight is 259 g/mol. The quantitative estimate of drug-likeness (QED) is 0.895. The minimum atomic E-state index is 0.497. The number of benzene rings is 1. The lowest BCUT2D eigenvalue weighted by Gasteiger charge is -2.14. The largest absolute Gasteiger partial charge is 0.485 e. The van der Waals surface area contributed by atoms with E-state index in [0.717, 1.165) is 18.1 Å². The first-order valence-corrected chi connectivity index (χ1v) is 6.45. The summed E-state index contributed by atoms with van der Waals surface area (Å²) in [5.74, 6) is 1.89. The summed E-state index contributed by atoms with van der Waals surface area (Å²) < 4.78 is 7.89. The van der Waals surface area contributed by atoms with E-state index in [0.29, 0.717) is 6.61 Å². The van der Waals surface area contributed by atoms with Crippen LogP contribution >= 0.6 is 0 Å². The molecule has 0 fully saturated rings. The number of hydrogen-bond acceptors (Lipinski definition) is 3. The third-order valence-corrected chi connectivity index (χ3v) is 3.17. The summed E-state index contributed by atoms with van der Waals surface area (Å²) in [6.07, 6.45) is 3.71. The predicted molar refractivity (Wildman–Crippen MR) is 76.2 cm³/mol. The molecule has 0 amide bonds. The van der Waals surface area contributed by atoms with Crippen LogP contribution < -0.4 is 10.1 Å². The van der Waals surface area contributed by atoms with Gasteiger partial charge in [0.1, 0.15) is 18.2 Å². The second-order valence-corrected chi connectivity index (χ2v) is 4.83. The van der Waals surface area contributed by atoms with Crippen molar-refractivity contribution in [3.05, 3.63) is 47.0 Å². The molecule has 102 valence electrons. The first-order chi connectivity index (χ1) is 9.11. The Bertz CT molecular complexity index is 537. The van der Waals surface area contributed by atoms with Crippen molar-refractivity contribution in [3.63, 3.8) is 0 Å². The number of hydrogen-bond donors (Lipinski definition) is 1. The maximum absolute atomic E-state index is 5.92. The zero-order valence-electron chi connectivity index (χ0n) is 12.0. The van der Waals surface area contributed by atoms with Crippen LogP contribution in [0.2, 0.25) is 0 Å². The molecule has 2 rings (SSSR count). The Morgan fingerprint density at radius 1 is 1.26 bits per heavy atom. The SMILES string of the molecule is CNCc1cc(C)c(OCc2nccn2C)c(C)c1. The summed E-state index contributed by atoms with van der Waals surface area (Å²) in [6, 6.07) is 4.33. The molecule has 0 saturated heterocycles. The van der Waals surface area contributed by atoms with Gasteiger partial charge in [-0.05, 0) is 37.6 Å². The summed E-state index contributed by atoms with van der Waals surface area (Å²) in [6.45, 7) is 5.54. The lowest BCUT2D eigenvalue weighted by molar-refractivity contribution is 0.288. The van der Waals surface area contributed by atoms with Gasteiger partial charge < -0.3 is 14.6 Å². The molecule has 1 N–H and O–H groups in total. The highest BCUT2D eigenvalue weighted by Crippen LogP contribution is 2.25. The van der Waals surface area contributed by atoms with E-state index in [1.165, 1.54) is 16.7 Å². The van der Waals surface area contributed by atoms with Gasteiger partial charge in [-0.2, -0.15) is 0 Å². The third-order valence-electron chi connectivity index (χ3n) is 3.17. The highest BCUT2D eigenvalue weighted by Gasteiger charge is 2.08. The number of aromatic nitrogens is 2. The van der Waals surface area contributed by atoms with Crippen molar-refractivity contribution in [1.82, 2.24) is 14.9 Å². The molecule has 0 spiro atoms. The Balaban J connectivity index is 2.14. The molecule has 0 unspecified atom stereocenters. The fraction of sp³-hybridized carbons (Fsp3) is 0.400. The second kappa shape index (κ2) is 5.89. The number of nitrogens with one attached hydrogen (secondary N) is 1. The second-order valence-electron chi connectivity index (χ2n) is 4.83. The Morgan fingerprint density at radius 3 is 2.47 bits per heavy atom. The number of rotatable bonds is 5. The summed E-state index contributed by atoms with van der Waals surface area (Å²) in [5, 5.41) is 3.17. The molecule has 4 nitrogen and oxygen atoms in total. The van der Waals surface area contributed by atoms with E-state index < -0.39 is 0 Å². The molecule has 0 aliphatic rings. The maximum Gasteiger partial charge on any atom is 0.146 e. The smallest absolute Gasteiger partial charge is 0.146 e. The van der Waals surface area contributed by atoms with Crippen molar-refractivity contribution < 1.29 is 4.74 Å². The van der Waals surface area contributed by atoms with Gasteiger partial charge in [0.05, 0.1) is 0 Å². The fourth-order valence-electron chi connectivity index (χ4n) is 2.25. The molecule has 0 aliphatic carbocycles. The molecule has 0 saturated carbocycles. The number of nitrogens with zero attached hydrogens (tertiary/aromatic N) is 2. The van der Waals surface area contributed by atoms with Crippen molar-refractivity contribution in [1.29, 1.82) is 0 Å². The summed E-state index contributed by atoms with van der Waals surface area (Å²) in [4.78, 5) is 4.27. The zero-order valence-corrected chi connectivity index (χ0v) is 12.0. The summed E-state index contributed by atoms with van der Waals surface area (Å²) >= 11 is 0. The van der Waals surface area contributed by atoms with Gasteiger partial charge >= 0.3 is 0 Å². The molecule has 0 radical (unpaired) electrons. The number of ether oxygens (including phenoxy) is 1. The molecule has 1 aromatic carbocycles. The molecule has 2 aromatic rings. The Hall–Kier alpha value is -1.81. The lowest BCUT2D eigenvalue weighted by Crippen LogP contribution is -2.08. The highest BCUT2D eigenvalue weighted by atomic mass is 16.5. The molecule has 1 aromatic heterocycles. The predicted octanol–water partition coefficient (Wildman–Crippen LogP) is 2.34. The van der Waals surface area contributed by atoms with E-state index in [1.807, 2.05) is 24.9 Å². The minimum absolute atomic E-state index is 0.497.